The molecule has 2 aromatic rings. The lowest BCUT2D eigenvalue weighted by atomic mass is 10.2. The predicted molar refractivity (Wildman–Crippen MR) is 97.8 cm³/mol. The van der Waals surface area contributed by atoms with Crippen LogP contribution in [0.25, 0.3) is 0 Å². The van der Waals surface area contributed by atoms with Crippen LogP contribution in [0.4, 0.5) is 11.4 Å². The molecule has 4 nitrogen and oxygen atoms in total. The highest BCUT2D eigenvalue weighted by molar-refractivity contribution is 5.91. The van der Waals surface area contributed by atoms with E-state index < -0.39 is 0 Å². The van der Waals surface area contributed by atoms with E-state index in [0.29, 0.717) is 12.8 Å². The van der Waals surface area contributed by atoms with Gasteiger partial charge >= 0.3 is 0 Å². The third kappa shape index (κ3) is 6.92. The summed E-state index contributed by atoms with van der Waals surface area (Å²) >= 11 is 0. The number of carbonyl (C=O) groups is 2. The first-order valence-corrected chi connectivity index (χ1v) is 8.09. The molecule has 0 bridgehead atoms. The summed E-state index contributed by atoms with van der Waals surface area (Å²) in [7, 11) is 0. The number of rotatable bonds is 8. The monoisotopic (exact) mass is 322 g/mol. The van der Waals surface area contributed by atoms with Crippen molar-refractivity contribution in [2.24, 2.45) is 0 Å². The fraction of sp³-hybridized carbons (Fsp3) is 0.200. The highest BCUT2D eigenvalue weighted by atomic mass is 16.2. The van der Waals surface area contributed by atoms with Gasteiger partial charge in [0.25, 0.3) is 0 Å². The van der Waals surface area contributed by atoms with E-state index in [1.807, 2.05) is 72.8 Å². The molecule has 0 fully saturated rings. The van der Waals surface area contributed by atoms with Gasteiger partial charge in [-0.15, -0.1) is 0 Å². The average Bonchev–Trinajstić information content (AvgIpc) is 2.60. The Labute approximate surface area is 142 Å². The molecule has 0 saturated heterocycles. The van der Waals surface area contributed by atoms with Crippen LogP contribution in [0.3, 0.4) is 0 Å². The maximum Gasteiger partial charge on any atom is 0.228 e. The quantitative estimate of drug-likeness (QED) is 0.560. The number of para-hydroxylation sites is 2. The van der Waals surface area contributed by atoms with Gasteiger partial charge < -0.3 is 10.6 Å². The highest BCUT2D eigenvalue weighted by Crippen LogP contribution is 2.08. The second kappa shape index (κ2) is 10.0. The van der Waals surface area contributed by atoms with Gasteiger partial charge in [-0.2, -0.15) is 0 Å². The number of anilines is 2. The lowest BCUT2D eigenvalue weighted by Gasteiger charge is -2.04. The van der Waals surface area contributed by atoms with Crippen molar-refractivity contribution in [3.8, 4) is 0 Å². The molecule has 0 spiro atoms. The number of carbonyl (C=O) groups excluding carboxylic acids is 2. The summed E-state index contributed by atoms with van der Waals surface area (Å²) in [5, 5.41) is 5.68. The van der Waals surface area contributed by atoms with Crippen molar-refractivity contribution in [1.29, 1.82) is 0 Å². The summed E-state index contributed by atoms with van der Waals surface area (Å²) in [5.41, 5.74) is 1.61. The molecule has 0 aromatic heterocycles. The van der Waals surface area contributed by atoms with E-state index in [-0.39, 0.29) is 11.8 Å². The van der Waals surface area contributed by atoms with Crippen molar-refractivity contribution in [1.82, 2.24) is 0 Å². The third-order valence-electron chi connectivity index (χ3n) is 3.36. The largest absolute Gasteiger partial charge is 0.326 e. The fourth-order valence-corrected chi connectivity index (χ4v) is 2.17. The van der Waals surface area contributed by atoms with Crippen LogP contribution in [0.5, 0.6) is 0 Å². The summed E-state index contributed by atoms with van der Waals surface area (Å²) in [6.45, 7) is 0. The van der Waals surface area contributed by atoms with Crippen molar-refractivity contribution in [2.75, 3.05) is 10.6 Å². The van der Waals surface area contributed by atoms with Gasteiger partial charge in [-0.25, -0.2) is 0 Å². The zero-order valence-electron chi connectivity index (χ0n) is 13.6. The number of nitrogens with one attached hydrogen (secondary N) is 2. The van der Waals surface area contributed by atoms with Gasteiger partial charge in [0, 0.05) is 24.2 Å². The Bertz CT molecular complexity index is 667. The zero-order chi connectivity index (χ0) is 17.0. The lowest BCUT2D eigenvalue weighted by Crippen LogP contribution is -2.10. The number of hydrogen-bond acceptors (Lipinski definition) is 2. The molecule has 0 radical (unpaired) electrons. The van der Waals surface area contributed by atoms with E-state index >= 15 is 0 Å². The Morgan fingerprint density at radius 1 is 0.750 bits per heavy atom. The minimum atomic E-state index is -0.0423. The smallest absolute Gasteiger partial charge is 0.228 e. The van der Waals surface area contributed by atoms with Gasteiger partial charge in [0.05, 0.1) is 0 Å². The van der Waals surface area contributed by atoms with Crippen molar-refractivity contribution in [2.45, 2.75) is 25.7 Å². The first kappa shape index (κ1) is 17.5. The predicted octanol–water partition coefficient (Wildman–Crippen LogP) is 4.38. The minimum absolute atomic E-state index is 0.0106. The Hall–Kier alpha value is -2.88. The topological polar surface area (TPSA) is 58.2 Å². The van der Waals surface area contributed by atoms with Gasteiger partial charge in [0.1, 0.15) is 0 Å². The second-order valence-corrected chi connectivity index (χ2v) is 5.40. The molecule has 2 rings (SSSR count). The number of unbranched alkanes of at least 4 members (excludes halogenated alkanes) is 1. The lowest BCUT2D eigenvalue weighted by molar-refractivity contribution is -0.116. The van der Waals surface area contributed by atoms with Crippen LogP contribution >= 0.6 is 0 Å². The average molecular weight is 322 g/mol. The van der Waals surface area contributed by atoms with Gasteiger partial charge in [-0.3, -0.25) is 9.59 Å². The van der Waals surface area contributed by atoms with Crippen LogP contribution in [0.1, 0.15) is 25.7 Å². The maximum absolute atomic E-state index is 11.8. The first-order chi connectivity index (χ1) is 11.7. The van der Waals surface area contributed by atoms with Gasteiger partial charge in [-0.1, -0.05) is 48.6 Å². The number of amides is 2. The van der Waals surface area contributed by atoms with Gasteiger partial charge in [0.15, 0.2) is 0 Å². The minimum Gasteiger partial charge on any atom is -0.326 e. The zero-order valence-corrected chi connectivity index (χ0v) is 13.6. The number of hydrogen-bond donors (Lipinski definition) is 2. The standard InChI is InChI=1S/C20H22N2O2/c23-19(21-17-11-5-3-6-12-17)15-9-1-2-10-16-20(24)22-18-13-7-4-8-14-18/h1,3-9,11-14H,2,10,15-16H2,(H,21,23)(H,22,24)/b9-1+. The molecule has 0 saturated carbocycles. The normalized spacial score (nSPS) is 10.5. The fourth-order valence-electron chi connectivity index (χ4n) is 2.17. The SMILES string of the molecule is O=C(C/C=C/CCCC(=O)Nc1ccccc1)Nc1ccccc1. The Balaban J connectivity index is 1.57. The van der Waals surface area contributed by atoms with Crippen molar-refractivity contribution in [3.05, 3.63) is 72.8 Å². The molecule has 2 N–H and O–H groups in total. The Kier molecular flexibility index (Phi) is 7.28. The molecule has 2 amide bonds. The van der Waals surface area contributed by atoms with Crippen molar-refractivity contribution < 1.29 is 9.59 Å². The van der Waals surface area contributed by atoms with Crippen molar-refractivity contribution in [3.63, 3.8) is 0 Å². The molecule has 0 unspecified atom stereocenters. The summed E-state index contributed by atoms with van der Waals surface area (Å²) in [5.74, 6) is -0.0318. The van der Waals surface area contributed by atoms with E-state index in [9.17, 15) is 9.59 Å². The van der Waals surface area contributed by atoms with Crippen LogP contribution < -0.4 is 10.6 Å². The Morgan fingerprint density at radius 3 is 1.88 bits per heavy atom. The summed E-state index contributed by atoms with van der Waals surface area (Å²) in [6.07, 6.45) is 6.13. The maximum atomic E-state index is 11.8. The van der Waals surface area contributed by atoms with Gasteiger partial charge in [-0.05, 0) is 37.1 Å². The van der Waals surface area contributed by atoms with E-state index in [4.69, 9.17) is 0 Å². The molecule has 0 atom stereocenters. The molecule has 24 heavy (non-hydrogen) atoms. The van der Waals surface area contributed by atoms with Crippen LogP contribution in [0.2, 0.25) is 0 Å². The summed E-state index contributed by atoms with van der Waals surface area (Å²) in [4.78, 5) is 23.5. The molecule has 124 valence electrons. The molecule has 4 heteroatoms. The Morgan fingerprint density at radius 2 is 1.29 bits per heavy atom. The molecule has 0 aliphatic carbocycles. The molecule has 0 heterocycles. The highest BCUT2D eigenvalue weighted by Gasteiger charge is 2.01. The van der Waals surface area contributed by atoms with E-state index in [1.165, 1.54) is 0 Å². The van der Waals surface area contributed by atoms with E-state index in [2.05, 4.69) is 10.6 Å². The molecule has 0 aliphatic heterocycles. The summed E-state index contributed by atoms with van der Waals surface area (Å²) in [6, 6.07) is 18.8. The molecular formula is C20H22N2O2. The van der Waals surface area contributed by atoms with Crippen LogP contribution in [0.15, 0.2) is 72.8 Å². The molecule has 0 aliphatic rings. The van der Waals surface area contributed by atoms with Crippen LogP contribution in [0, 0.1) is 0 Å². The number of benzene rings is 2. The van der Waals surface area contributed by atoms with Gasteiger partial charge in [0.2, 0.25) is 11.8 Å². The molecular weight excluding hydrogens is 300 g/mol. The molecule has 2 aromatic carbocycles. The second-order valence-electron chi connectivity index (χ2n) is 5.40. The first-order valence-electron chi connectivity index (χ1n) is 8.09. The number of allylic oxidation sites excluding steroid dienone is 1. The van der Waals surface area contributed by atoms with Crippen molar-refractivity contribution >= 4 is 23.2 Å². The summed E-state index contributed by atoms with van der Waals surface area (Å²) < 4.78 is 0. The van der Waals surface area contributed by atoms with E-state index in [1.54, 1.807) is 0 Å². The van der Waals surface area contributed by atoms with E-state index in [0.717, 1.165) is 24.2 Å². The third-order valence-corrected chi connectivity index (χ3v) is 3.36. The van der Waals surface area contributed by atoms with Crippen LogP contribution in [-0.4, -0.2) is 11.8 Å². The van der Waals surface area contributed by atoms with Crippen LogP contribution in [-0.2, 0) is 9.59 Å².